The van der Waals surface area contributed by atoms with Gasteiger partial charge in [-0.1, -0.05) is 57.9 Å². The Kier molecular flexibility index (Phi) is 7.27. The van der Waals surface area contributed by atoms with Gasteiger partial charge >= 0.3 is 5.97 Å². The minimum atomic E-state index is -1.07. The van der Waals surface area contributed by atoms with Crippen molar-refractivity contribution in [3.63, 3.8) is 0 Å². The number of nitrogens with two attached hydrogens (primary N) is 1. The van der Waals surface area contributed by atoms with E-state index in [0.29, 0.717) is 60.4 Å². The van der Waals surface area contributed by atoms with Crippen LogP contribution in [0.4, 0.5) is 5.69 Å². The van der Waals surface area contributed by atoms with Gasteiger partial charge in [-0.2, -0.15) is 0 Å². The minimum absolute atomic E-state index is 0.0731. The van der Waals surface area contributed by atoms with Crippen molar-refractivity contribution in [1.82, 2.24) is 5.16 Å². The van der Waals surface area contributed by atoms with Crippen molar-refractivity contribution < 1.29 is 19.2 Å². The molecule has 0 aliphatic heterocycles. The predicted molar refractivity (Wildman–Crippen MR) is 148 cm³/mol. The number of aromatic nitrogens is 1. The van der Waals surface area contributed by atoms with E-state index in [0.717, 1.165) is 24.2 Å². The van der Waals surface area contributed by atoms with Gasteiger partial charge in [-0.25, -0.2) is 4.79 Å². The van der Waals surface area contributed by atoms with E-state index in [9.17, 15) is 9.90 Å². The molecule has 0 radical (unpaired) electrons. The molecule has 0 amide bonds. The van der Waals surface area contributed by atoms with Crippen molar-refractivity contribution in [3.05, 3.63) is 97.2 Å². The Hall–Kier alpha value is -3.63. The zero-order chi connectivity index (χ0) is 27.0. The Morgan fingerprint density at radius 3 is 2.45 bits per heavy atom. The molecule has 1 saturated carbocycles. The van der Waals surface area contributed by atoms with E-state index in [4.69, 9.17) is 49.8 Å². The van der Waals surface area contributed by atoms with E-state index in [1.54, 1.807) is 43.3 Å². The second-order valence-corrected chi connectivity index (χ2v) is 10.2. The molecular formula is C29H21Cl3N2O4. The molecule has 1 aliphatic carbocycles. The van der Waals surface area contributed by atoms with E-state index in [1.165, 1.54) is 12.1 Å². The monoisotopic (exact) mass is 566 g/mol. The summed E-state index contributed by atoms with van der Waals surface area (Å²) in [6, 6.07) is 13.4. The largest absolute Gasteiger partial charge is 0.489 e. The van der Waals surface area contributed by atoms with Crippen LogP contribution in [-0.4, -0.2) is 16.2 Å². The molecule has 3 N–H and O–H groups in total. The van der Waals surface area contributed by atoms with Gasteiger partial charge in [0.15, 0.2) is 0 Å². The van der Waals surface area contributed by atoms with Crippen molar-refractivity contribution >= 4 is 46.5 Å². The molecule has 0 spiro atoms. The molecule has 6 nitrogen and oxygen atoms in total. The number of carboxylic acid groups (broad SMARTS) is 1. The molecule has 1 aromatic heterocycles. The summed E-state index contributed by atoms with van der Waals surface area (Å²) < 4.78 is 11.8. The lowest BCUT2D eigenvalue weighted by molar-refractivity contribution is 0.0697. The van der Waals surface area contributed by atoms with E-state index in [1.807, 2.05) is 0 Å². The van der Waals surface area contributed by atoms with Crippen LogP contribution in [0.25, 0.3) is 11.3 Å². The Bertz CT molecular complexity index is 1610. The maximum atomic E-state index is 11.4. The molecule has 0 atom stereocenters. The van der Waals surface area contributed by atoms with E-state index >= 15 is 0 Å². The van der Waals surface area contributed by atoms with Crippen molar-refractivity contribution in [2.24, 2.45) is 0 Å². The lowest BCUT2D eigenvalue weighted by atomic mass is 10.0. The number of benzene rings is 3. The number of hydrogen-bond donors (Lipinski definition) is 2. The normalized spacial score (nSPS) is 12.6. The maximum Gasteiger partial charge on any atom is 0.335 e. The number of carboxylic acids is 1. The Balaban J connectivity index is 1.39. The first-order valence-electron chi connectivity index (χ1n) is 11.7. The first-order chi connectivity index (χ1) is 18.2. The number of ether oxygens (including phenoxy) is 1. The van der Waals surface area contributed by atoms with Crippen LogP contribution in [0.5, 0.6) is 5.75 Å². The van der Waals surface area contributed by atoms with Gasteiger partial charge in [-0.15, -0.1) is 0 Å². The zero-order valence-electron chi connectivity index (χ0n) is 20.1. The fourth-order valence-corrected chi connectivity index (χ4v) is 4.81. The van der Waals surface area contributed by atoms with Gasteiger partial charge in [0, 0.05) is 34.4 Å². The number of carbonyl (C=O) groups is 1. The Labute approximate surface area is 234 Å². The van der Waals surface area contributed by atoms with Gasteiger partial charge in [-0.05, 0) is 61.7 Å². The fourth-order valence-electron chi connectivity index (χ4n) is 4.02. The molecule has 1 aliphatic rings. The second kappa shape index (κ2) is 10.6. The lowest BCUT2D eigenvalue weighted by Crippen LogP contribution is -2.01. The van der Waals surface area contributed by atoms with Crippen LogP contribution < -0.4 is 10.5 Å². The average molecular weight is 568 g/mol. The molecule has 0 bridgehead atoms. The van der Waals surface area contributed by atoms with Crippen LogP contribution in [0.1, 0.15) is 57.1 Å². The molecule has 1 heterocycles. The summed E-state index contributed by atoms with van der Waals surface area (Å²) >= 11 is 19.4. The molecule has 0 saturated heterocycles. The van der Waals surface area contributed by atoms with Gasteiger partial charge in [0.05, 0.1) is 26.2 Å². The number of halogens is 3. The van der Waals surface area contributed by atoms with Crippen LogP contribution in [0.15, 0.2) is 53.1 Å². The van der Waals surface area contributed by atoms with Gasteiger partial charge in [0.25, 0.3) is 0 Å². The number of hydrogen-bond acceptors (Lipinski definition) is 5. The summed E-state index contributed by atoms with van der Waals surface area (Å²) in [6.45, 7) is 1.97. The summed E-state index contributed by atoms with van der Waals surface area (Å²) in [5.74, 6) is 6.52. The van der Waals surface area contributed by atoms with Crippen LogP contribution in [0, 0.1) is 18.8 Å². The Morgan fingerprint density at radius 1 is 1.08 bits per heavy atom. The molecule has 5 rings (SSSR count). The SMILES string of the molecule is Cc1c(N)cc(C(=O)O)cc1C#Cc1ccc(OCc2c(-c3c(Cl)cccc3Cl)noc2C2CC2)cc1Cl. The summed E-state index contributed by atoms with van der Waals surface area (Å²) in [7, 11) is 0. The highest BCUT2D eigenvalue weighted by molar-refractivity contribution is 6.39. The number of nitrogens with zero attached hydrogens (tertiary/aromatic N) is 1. The summed E-state index contributed by atoms with van der Waals surface area (Å²) in [5.41, 5.74) is 10.1. The van der Waals surface area contributed by atoms with Crippen LogP contribution in [0.2, 0.25) is 15.1 Å². The number of anilines is 1. The van der Waals surface area contributed by atoms with E-state index < -0.39 is 5.97 Å². The molecule has 4 aromatic rings. The second-order valence-electron chi connectivity index (χ2n) is 8.97. The topological polar surface area (TPSA) is 98.6 Å². The fraction of sp³-hybridized carbons (Fsp3) is 0.172. The summed E-state index contributed by atoms with van der Waals surface area (Å²) in [6.07, 6.45) is 2.05. The smallest absolute Gasteiger partial charge is 0.335 e. The van der Waals surface area contributed by atoms with E-state index in [-0.39, 0.29) is 12.2 Å². The molecule has 9 heteroatoms. The highest BCUT2D eigenvalue weighted by Crippen LogP contribution is 2.46. The van der Waals surface area contributed by atoms with Crippen LogP contribution in [0.3, 0.4) is 0 Å². The summed E-state index contributed by atoms with van der Waals surface area (Å²) in [5, 5.41) is 14.9. The van der Waals surface area contributed by atoms with Crippen molar-refractivity contribution in [2.75, 3.05) is 5.73 Å². The van der Waals surface area contributed by atoms with Gasteiger partial charge in [0.1, 0.15) is 23.8 Å². The first-order valence-corrected chi connectivity index (χ1v) is 12.9. The maximum absolute atomic E-state index is 11.4. The molecule has 192 valence electrons. The number of rotatable bonds is 6. The number of nitrogen functional groups attached to an aromatic ring is 1. The van der Waals surface area contributed by atoms with Crippen LogP contribution in [-0.2, 0) is 6.61 Å². The average Bonchev–Trinajstić information content (AvgIpc) is 3.64. The standard InChI is InChI=1S/C29H21Cl3N2O4/c1-15-18(11-19(29(35)36)12-25(15)33)8-5-16-9-10-20(13-24(16)32)37-14-21-27(34-38-28(21)17-6-7-17)26-22(30)3-2-4-23(26)31/h2-4,9-13,17H,6-7,14,33H2,1H3,(H,35,36). The highest BCUT2D eigenvalue weighted by Gasteiger charge is 2.33. The lowest BCUT2D eigenvalue weighted by Gasteiger charge is -2.10. The first kappa shape index (κ1) is 26.0. The third kappa shape index (κ3) is 5.32. The molecule has 0 unspecified atom stereocenters. The molecule has 38 heavy (non-hydrogen) atoms. The van der Waals surface area contributed by atoms with Crippen LogP contribution >= 0.6 is 34.8 Å². The highest BCUT2D eigenvalue weighted by atomic mass is 35.5. The van der Waals surface area contributed by atoms with Crippen molar-refractivity contribution in [1.29, 1.82) is 0 Å². The van der Waals surface area contributed by atoms with Gasteiger partial charge in [-0.3, -0.25) is 0 Å². The van der Waals surface area contributed by atoms with Crippen molar-refractivity contribution in [2.45, 2.75) is 32.3 Å². The zero-order valence-corrected chi connectivity index (χ0v) is 22.4. The molecular weight excluding hydrogens is 547 g/mol. The quantitative estimate of drug-likeness (QED) is 0.183. The van der Waals surface area contributed by atoms with Gasteiger partial charge < -0.3 is 20.1 Å². The van der Waals surface area contributed by atoms with Gasteiger partial charge in [0.2, 0.25) is 0 Å². The predicted octanol–water partition coefficient (Wildman–Crippen LogP) is 7.75. The summed E-state index contributed by atoms with van der Waals surface area (Å²) in [4.78, 5) is 11.4. The minimum Gasteiger partial charge on any atom is -0.489 e. The number of aromatic carboxylic acids is 1. The molecule has 3 aromatic carbocycles. The van der Waals surface area contributed by atoms with E-state index in [2.05, 4.69) is 17.0 Å². The molecule has 1 fully saturated rings. The third-order valence-corrected chi connectivity index (χ3v) is 7.26. The third-order valence-electron chi connectivity index (χ3n) is 6.32. The Morgan fingerprint density at radius 2 is 1.79 bits per heavy atom. The van der Waals surface area contributed by atoms with Crippen molar-refractivity contribution in [3.8, 4) is 28.8 Å².